The molecule has 142 valence electrons. The molecular weight excluding hydrogens is 366 g/mol. The number of fused-ring (bicyclic) bond motifs is 1. The van der Waals surface area contributed by atoms with Crippen molar-refractivity contribution in [2.45, 2.75) is 58.2 Å². The molecule has 0 unspecified atom stereocenters. The zero-order valence-electron chi connectivity index (χ0n) is 15.4. The first-order valence-electron chi connectivity index (χ1n) is 9.34. The summed E-state index contributed by atoms with van der Waals surface area (Å²) in [7, 11) is 0. The summed E-state index contributed by atoms with van der Waals surface area (Å²) in [5, 5.41) is 7.33. The van der Waals surface area contributed by atoms with Crippen LogP contribution in [-0.2, 0) is 6.54 Å². The highest BCUT2D eigenvalue weighted by Crippen LogP contribution is 2.36. The minimum atomic E-state index is -0.234. The van der Waals surface area contributed by atoms with Crippen LogP contribution in [0.15, 0.2) is 22.9 Å². The van der Waals surface area contributed by atoms with Crippen molar-refractivity contribution in [1.82, 2.24) is 15.4 Å². The van der Waals surface area contributed by atoms with E-state index in [1.54, 1.807) is 11.0 Å². The van der Waals surface area contributed by atoms with Gasteiger partial charge in [0.2, 0.25) is 0 Å². The summed E-state index contributed by atoms with van der Waals surface area (Å²) in [4.78, 5) is 27.0. The van der Waals surface area contributed by atoms with Crippen LogP contribution in [0, 0.1) is 0 Å². The van der Waals surface area contributed by atoms with Gasteiger partial charge < -0.3 is 14.7 Å². The molecular formula is C20H22ClN3O3. The maximum Gasteiger partial charge on any atom is 0.274 e. The lowest BCUT2D eigenvalue weighted by Gasteiger charge is -2.19. The summed E-state index contributed by atoms with van der Waals surface area (Å²) < 4.78 is 5.09. The van der Waals surface area contributed by atoms with Gasteiger partial charge in [-0.15, -0.1) is 0 Å². The van der Waals surface area contributed by atoms with Gasteiger partial charge in [-0.05, 0) is 49.9 Å². The molecule has 0 bridgehead atoms. The number of benzene rings is 1. The van der Waals surface area contributed by atoms with Gasteiger partial charge >= 0.3 is 0 Å². The number of amides is 2. The standard InChI is InChI=1S/C20H22ClN3O3/c1-11(2)24-9-13-7-12(8-16(21)17(13)20(24)26)15-10-27-23-18(15)19(25)22-14-5-3-4-6-14/h7-8,10-11,14H,3-6,9H2,1-2H3,(H,22,25). The third kappa shape index (κ3) is 3.23. The van der Waals surface area contributed by atoms with Crippen LogP contribution in [0.4, 0.5) is 0 Å². The summed E-state index contributed by atoms with van der Waals surface area (Å²) in [6.07, 6.45) is 5.72. The van der Waals surface area contributed by atoms with Crippen molar-refractivity contribution >= 4 is 23.4 Å². The smallest absolute Gasteiger partial charge is 0.274 e. The quantitative estimate of drug-likeness (QED) is 0.859. The zero-order chi connectivity index (χ0) is 19.1. The van der Waals surface area contributed by atoms with Crippen molar-refractivity contribution in [3.05, 3.63) is 40.2 Å². The highest BCUT2D eigenvalue weighted by atomic mass is 35.5. The topological polar surface area (TPSA) is 75.4 Å². The lowest BCUT2D eigenvalue weighted by molar-refractivity contribution is 0.0730. The molecule has 1 saturated carbocycles. The summed E-state index contributed by atoms with van der Waals surface area (Å²) >= 11 is 6.43. The molecule has 0 saturated heterocycles. The van der Waals surface area contributed by atoms with E-state index in [-0.39, 0.29) is 29.6 Å². The van der Waals surface area contributed by atoms with Crippen molar-refractivity contribution in [2.75, 3.05) is 0 Å². The van der Waals surface area contributed by atoms with Crippen LogP contribution >= 0.6 is 11.6 Å². The molecule has 2 aromatic rings. The molecule has 0 spiro atoms. The van der Waals surface area contributed by atoms with E-state index in [2.05, 4.69) is 10.5 Å². The van der Waals surface area contributed by atoms with Crippen molar-refractivity contribution in [2.24, 2.45) is 0 Å². The van der Waals surface area contributed by atoms with Gasteiger partial charge in [-0.1, -0.05) is 29.6 Å². The van der Waals surface area contributed by atoms with Crippen LogP contribution in [0.1, 0.15) is 65.9 Å². The fourth-order valence-corrected chi connectivity index (χ4v) is 4.25. The monoisotopic (exact) mass is 387 g/mol. The van der Waals surface area contributed by atoms with Gasteiger partial charge in [0.1, 0.15) is 6.26 Å². The van der Waals surface area contributed by atoms with Crippen LogP contribution in [0.2, 0.25) is 5.02 Å². The minimum absolute atomic E-state index is 0.0546. The number of carbonyl (C=O) groups excluding carboxylic acids is 2. The lowest BCUT2D eigenvalue weighted by Crippen LogP contribution is -2.33. The highest BCUT2D eigenvalue weighted by Gasteiger charge is 2.32. The molecule has 1 aromatic heterocycles. The third-order valence-electron chi connectivity index (χ3n) is 5.40. The molecule has 1 aliphatic carbocycles. The first kappa shape index (κ1) is 18.0. The molecule has 7 heteroatoms. The Kier molecular flexibility index (Phi) is 4.68. The summed E-state index contributed by atoms with van der Waals surface area (Å²) in [6.45, 7) is 4.46. The Morgan fingerprint density at radius 1 is 1.33 bits per heavy atom. The fraction of sp³-hybridized carbons (Fsp3) is 0.450. The molecule has 0 atom stereocenters. The van der Waals surface area contributed by atoms with E-state index in [0.29, 0.717) is 22.7 Å². The number of nitrogens with one attached hydrogen (secondary N) is 1. The molecule has 1 N–H and O–H groups in total. The van der Waals surface area contributed by atoms with Gasteiger partial charge in [0.05, 0.1) is 16.1 Å². The number of rotatable bonds is 4. The molecule has 1 fully saturated rings. The average Bonchev–Trinajstić information content (AvgIpc) is 3.34. The van der Waals surface area contributed by atoms with E-state index in [9.17, 15) is 9.59 Å². The van der Waals surface area contributed by atoms with Gasteiger partial charge in [0.15, 0.2) is 5.69 Å². The molecule has 2 aliphatic rings. The Labute approximate surface area is 162 Å². The molecule has 2 amide bonds. The van der Waals surface area contributed by atoms with Gasteiger partial charge in [-0.2, -0.15) is 0 Å². The number of carbonyl (C=O) groups is 2. The second-order valence-corrected chi connectivity index (χ2v) is 7.96. The number of halogens is 1. The number of hydrogen-bond acceptors (Lipinski definition) is 4. The zero-order valence-corrected chi connectivity index (χ0v) is 16.2. The minimum Gasteiger partial charge on any atom is -0.363 e. The largest absolute Gasteiger partial charge is 0.363 e. The molecule has 2 heterocycles. The Balaban J connectivity index is 1.65. The van der Waals surface area contributed by atoms with Crippen LogP contribution < -0.4 is 5.32 Å². The maximum atomic E-state index is 12.6. The van der Waals surface area contributed by atoms with Gasteiger partial charge in [-0.25, -0.2) is 0 Å². The maximum absolute atomic E-state index is 12.6. The number of nitrogens with zero attached hydrogens (tertiary/aromatic N) is 2. The molecule has 1 aliphatic heterocycles. The van der Waals surface area contributed by atoms with Crippen LogP contribution in [0.3, 0.4) is 0 Å². The predicted molar refractivity (Wildman–Crippen MR) is 102 cm³/mol. The Morgan fingerprint density at radius 2 is 2.07 bits per heavy atom. The van der Waals surface area contributed by atoms with Crippen molar-refractivity contribution in [3.63, 3.8) is 0 Å². The molecule has 6 nitrogen and oxygen atoms in total. The van der Waals surface area contributed by atoms with Crippen LogP contribution in [-0.4, -0.2) is 34.0 Å². The first-order valence-corrected chi connectivity index (χ1v) is 9.72. The van der Waals surface area contributed by atoms with E-state index in [4.69, 9.17) is 16.1 Å². The fourth-order valence-electron chi connectivity index (χ4n) is 3.93. The van der Waals surface area contributed by atoms with Crippen molar-refractivity contribution in [1.29, 1.82) is 0 Å². The van der Waals surface area contributed by atoms with E-state index >= 15 is 0 Å². The SMILES string of the molecule is CC(C)N1Cc2cc(-c3conc3C(=O)NC3CCCC3)cc(Cl)c2C1=O. The molecule has 4 rings (SSSR count). The van der Waals surface area contributed by atoms with Crippen molar-refractivity contribution in [3.8, 4) is 11.1 Å². The molecule has 1 aromatic carbocycles. The highest BCUT2D eigenvalue weighted by molar-refractivity contribution is 6.34. The van der Waals surface area contributed by atoms with E-state index in [0.717, 1.165) is 36.8 Å². The van der Waals surface area contributed by atoms with Gasteiger partial charge in [-0.3, -0.25) is 9.59 Å². The van der Waals surface area contributed by atoms with Gasteiger partial charge in [0, 0.05) is 18.6 Å². The Hall–Kier alpha value is -2.34. The van der Waals surface area contributed by atoms with Crippen LogP contribution in [0.25, 0.3) is 11.1 Å². The number of hydrogen-bond donors (Lipinski definition) is 1. The first-order chi connectivity index (χ1) is 13.0. The van der Waals surface area contributed by atoms with Gasteiger partial charge in [0.25, 0.3) is 11.8 Å². The van der Waals surface area contributed by atoms with Crippen LogP contribution in [0.5, 0.6) is 0 Å². The van der Waals surface area contributed by atoms with Crippen molar-refractivity contribution < 1.29 is 14.1 Å². The normalized spacial score (nSPS) is 17.0. The molecule has 0 radical (unpaired) electrons. The predicted octanol–water partition coefficient (Wildman–Crippen LogP) is 4.03. The molecule has 27 heavy (non-hydrogen) atoms. The lowest BCUT2D eigenvalue weighted by atomic mass is 10.0. The Morgan fingerprint density at radius 3 is 2.78 bits per heavy atom. The van der Waals surface area contributed by atoms with E-state index < -0.39 is 0 Å². The summed E-state index contributed by atoms with van der Waals surface area (Å²) in [5.74, 6) is -0.289. The van der Waals surface area contributed by atoms with E-state index in [1.165, 1.54) is 6.26 Å². The van der Waals surface area contributed by atoms with E-state index in [1.807, 2.05) is 19.9 Å². The second kappa shape index (κ2) is 7.00. The Bertz CT molecular complexity index is 900. The number of aromatic nitrogens is 1. The summed E-state index contributed by atoms with van der Waals surface area (Å²) in [6, 6.07) is 3.90. The third-order valence-corrected chi connectivity index (χ3v) is 5.69. The second-order valence-electron chi connectivity index (χ2n) is 7.55. The average molecular weight is 388 g/mol. The summed E-state index contributed by atoms with van der Waals surface area (Å²) in [5.41, 5.74) is 2.98.